The van der Waals surface area contributed by atoms with Gasteiger partial charge in [0.2, 0.25) is 0 Å². The maximum absolute atomic E-state index is 13.6. The van der Waals surface area contributed by atoms with Crippen LogP contribution in [0.15, 0.2) is 54.6 Å². The van der Waals surface area contributed by atoms with Crippen LogP contribution in [0.3, 0.4) is 0 Å². The van der Waals surface area contributed by atoms with E-state index in [-0.39, 0.29) is 17.8 Å². The second kappa shape index (κ2) is 8.41. The van der Waals surface area contributed by atoms with Crippen molar-refractivity contribution in [2.45, 2.75) is 13.0 Å². The van der Waals surface area contributed by atoms with Gasteiger partial charge < -0.3 is 10.2 Å². The molecule has 1 aromatic heterocycles. The number of benzene rings is 2. The van der Waals surface area contributed by atoms with Crippen molar-refractivity contribution in [2.75, 3.05) is 20.6 Å². The minimum atomic E-state index is -0.282. The third kappa shape index (κ3) is 4.59. The summed E-state index contributed by atoms with van der Waals surface area (Å²) in [5, 5.41) is 3.83. The lowest BCUT2D eigenvalue weighted by molar-refractivity contribution is 0.0946. The van der Waals surface area contributed by atoms with Crippen LogP contribution in [0.2, 0.25) is 0 Å². The molecule has 0 radical (unpaired) electrons. The molecule has 1 N–H and O–H groups in total. The minimum Gasteiger partial charge on any atom is -0.349 e. The molecule has 2 aromatic carbocycles. The van der Waals surface area contributed by atoms with E-state index in [0.717, 1.165) is 16.1 Å². The first-order valence-corrected chi connectivity index (χ1v) is 9.50. The molecule has 0 fully saturated rings. The summed E-state index contributed by atoms with van der Waals surface area (Å²) in [6.07, 6.45) is 0. The Morgan fingerprint density at radius 3 is 2.59 bits per heavy atom. The van der Waals surface area contributed by atoms with Crippen molar-refractivity contribution in [3.05, 3.63) is 75.9 Å². The number of carbonyl (C=O) groups excluding carboxylic acids is 1. The fraction of sp³-hybridized carbons (Fsp3) is 0.238. The quantitative estimate of drug-likeness (QED) is 0.691. The van der Waals surface area contributed by atoms with Gasteiger partial charge in [-0.1, -0.05) is 42.5 Å². The van der Waals surface area contributed by atoms with E-state index in [9.17, 15) is 9.18 Å². The summed E-state index contributed by atoms with van der Waals surface area (Å²) < 4.78 is 13.6. The number of aryl methyl sites for hydroxylation is 1. The highest BCUT2D eigenvalue weighted by Gasteiger charge is 2.21. The van der Waals surface area contributed by atoms with Gasteiger partial charge in [0.15, 0.2) is 0 Å². The molecule has 27 heavy (non-hydrogen) atoms. The maximum atomic E-state index is 13.6. The lowest BCUT2D eigenvalue weighted by Crippen LogP contribution is -2.34. The number of carbonyl (C=O) groups is 1. The van der Waals surface area contributed by atoms with Crippen LogP contribution in [0.25, 0.3) is 11.3 Å². The van der Waals surface area contributed by atoms with Gasteiger partial charge in [0.1, 0.15) is 10.7 Å². The van der Waals surface area contributed by atoms with E-state index >= 15 is 0 Å². The number of likely N-dealkylation sites (N-methyl/N-ethyl adjacent to an activating group) is 1. The number of amides is 1. The molecule has 1 amide bonds. The van der Waals surface area contributed by atoms with E-state index in [1.54, 1.807) is 6.07 Å². The zero-order valence-corrected chi connectivity index (χ0v) is 16.4. The summed E-state index contributed by atoms with van der Waals surface area (Å²) in [7, 11) is 3.82. The minimum absolute atomic E-state index is 0.126. The average Bonchev–Trinajstić information content (AvgIpc) is 3.04. The number of nitrogens with one attached hydrogen (secondary N) is 1. The fourth-order valence-electron chi connectivity index (χ4n) is 2.95. The summed E-state index contributed by atoms with van der Waals surface area (Å²) in [4.78, 5) is 19.9. The lowest BCUT2D eigenvalue weighted by atomic mass is 10.1. The monoisotopic (exact) mass is 383 g/mol. The number of halogens is 1. The molecular formula is C21H22FN3OS. The lowest BCUT2D eigenvalue weighted by Gasteiger charge is -2.25. The van der Waals surface area contributed by atoms with Crippen molar-refractivity contribution < 1.29 is 9.18 Å². The van der Waals surface area contributed by atoms with Crippen LogP contribution in [0, 0.1) is 12.7 Å². The third-order valence-electron chi connectivity index (χ3n) is 4.30. The molecule has 0 bridgehead atoms. The largest absolute Gasteiger partial charge is 0.349 e. The molecule has 140 valence electrons. The molecule has 3 aromatic rings. The van der Waals surface area contributed by atoms with Crippen LogP contribution in [-0.2, 0) is 0 Å². The predicted molar refractivity (Wildman–Crippen MR) is 107 cm³/mol. The van der Waals surface area contributed by atoms with Crippen molar-refractivity contribution in [3.8, 4) is 11.3 Å². The molecule has 0 aliphatic heterocycles. The van der Waals surface area contributed by atoms with Crippen molar-refractivity contribution in [3.63, 3.8) is 0 Å². The van der Waals surface area contributed by atoms with E-state index in [0.29, 0.717) is 17.1 Å². The molecule has 1 atom stereocenters. The highest BCUT2D eigenvalue weighted by molar-refractivity contribution is 7.14. The average molecular weight is 383 g/mol. The van der Waals surface area contributed by atoms with Crippen molar-refractivity contribution in [2.24, 2.45) is 0 Å². The zero-order valence-electron chi connectivity index (χ0n) is 15.6. The summed E-state index contributed by atoms with van der Waals surface area (Å²) in [5.74, 6) is -0.446. The molecule has 6 heteroatoms. The molecule has 0 aliphatic rings. The summed E-state index contributed by atoms with van der Waals surface area (Å²) in [6.45, 7) is 2.27. The molecule has 0 saturated heterocycles. The zero-order chi connectivity index (χ0) is 19.4. The molecule has 3 rings (SSSR count). The molecule has 0 unspecified atom stereocenters. The molecule has 1 heterocycles. The summed E-state index contributed by atoms with van der Waals surface area (Å²) >= 11 is 1.38. The number of nitrogens with zero attached hydrogens (tertiary/aromatic N) is 2. The Morgan fingerprint density at radius 2 is 1.93 bits per heavy atom. The Hall–Kier alpha value is -2.57. The number of thiazole rings is 1. The standard InChI is InChI=1S/C21H22FN3OS/c1-14-24-19(15-8-5-4-6-9-15)20(27-14)21(26)23-13-18(25(2)3)16-10-7-11-17(22)12-16/h4-12,18H,13H2,1-3H3,(H,23,26)/t18-/m1/s1. The first-order chi connectivity index (χ1) is 13.0. The number of aromatic nitrogens is 1. The van der Waals surface area contributed by atoms with Crippen molar-refractivity contribution >= 4 is 17.2 Å². The Morgan fingerprint density at radius 1 is 1.19 bits per heavy atom. The van der Waals surface area contributed by atoms with E-state index in [4.69, 9.17) is 0 Å². The Bertz CT molecular complexity index is 924. The number of hydrogen-bond donors (Lipinski definition) is 1. The van der Waals surface area contributed by atoms with Crippen LogP contribution >= 0.6 is 11.3 Å². The van der Waals surface area contributed by atoms with Crippen LogP contribution in [0.4, 0.5) is 4.39 Å². The summed E-state index contributed by atoms with van der Waals surface area (Å²) in [6, 6.07) is 16.0. The van der Waals surface area contributed by atoms with Crippen LogP contribution in [0.5, 0.6) is 0 Å². The molecule has 4 nitrogen and oxygen atoms in total. The van der Waals surface area contributed by atoms with E-state index in [2.05, 4.69) is 10.3 Å². The van der Waals surface area contributed by atoms with Gasteiger partial charge in [-0.3, -0.25) is 4.79 Å². The molecular weight excluding hydrogens is 361 g/mol. The third-order valence-corrected chi connectivity index (χ3v) is 5.27. The van der Waals surface area contributed by atoms with Gasteiger partial charge in [-0.05, 0) is 38.7 Å². The van der Waals surface area contributed by atoms with Gasteiger partial charge in [0.25, 0.3) is 5.91 Å². The first-order valence-electron chi connectivity index (χ1n) is 8.68. The van der Waals surface area contributed by atoms with Crippen LogP contribution in [0.1, 0.15) is 26.3 Å². The fourth-order valence-corrected chi connectivity index (χ4v) is 3.81. The predicted octanol–water partition coefficient (Wildman–Crippen LogP) is 4.29. The molecule has 0 aliphatic carbocycles. The van der Waals surface area contributed by atoms with E-state index in [1.165, 1.54) is 23.5 Å². The Balaban J connectivity index is 1.79. The summed E-state index contributed by atoms with van der Waals surface area (Å²) in [5.41, 5.74) is 2.44. The van der Waals surface area contributed by atoms with Gasteiger partial charge in [0, 0.05) is 12.1 Å². The molecule has 0 saturated carbocycles. The van der Waals surface area contributed by atoms with Crippen molar-refractivity contribution in [1.29, 1.82) is 0 Å². The Kier molecular flexibility index (Phi) is 5.98. The van der Waals surface area contributed by atoms with Gasteiger partial charge in [0.05, 0.1) is 16.7 Å². The highest BCUT2D eigenvalue weighted by atomic mass is 32.1. The van der Waals surface area contributed by atoms with Crippen LogP contribution in [-0.4, -0.2) is 36.4 Å². The van der Waals surface area contributed by atoms with Crippen molar-refractivity contribution in [1.82, 2.24) is 15.2 Å². The van der Waals surface area contributed by atoms with Gasteiger partial charge in [-0.15, -0.1) is 11.3 Å². The maximum Gasteiger partial charge on any atom is 0.263 e. The topological polar surface area (TPSA) is 45.2 Å². The second-order valence-corrected chi connectivity index (χ2v) is 7.72. The normalized spacial score (nSPS) is 12.2. The van der Waals surface area contributed by atoms with Gasteiger partial charge in [-0.25, -0.2) is 9.37 Å². The van der Waals surface area contributed by atoms with Gasteiger partial charge >= 0.3 is 0 Å². The van der Waals surface area contributed by atoms with Crippen LogP contribution < -0.4 is 5.32 Å². The van der Waals surface area contributed by atoms with Gasteiger partial charge in [-0.2, -0.15) is 0 Å². The number of hydrogen-bond acceptors (Lipinski definition) is 4. The second-order valence-electron chi connectivity index (χ2n) is 6.52. The first kappa shape index (κ1) is 19.2. The highest BCUT2D eigenvalue weighted by Crippen LogP contribution is 2.28. The smallest absolute Gasteiger partial charge is 0.263 e. The van der Waals surface area contributed by atoms with E-state index < -0.39 is 0 Å². The Labute approximate surface area is 162 Å². The number of rotatable bonds is 6. The molecule has 0 spiro atoms. The SMILES string of the molecule is Cc1nc(-c2ccccc2)c(C(=O)NC[C@H](c2cccc(F)c2)N(C)C)s1. The van der Waals surface area contributed by atoms with E-state index in [1.807, 2.05) is 62.3 Å².